The van der Waals surface area contributed by atoms with Crippen molar-refractivity contribution in [2.24, 2.45) is 0 Å². The van der Waals surface area contributed by atoms with Gasteiger partial charge >= 0.3 is 5.97 Å². The van der Waals surface area contributed by atoms with Crippen LogP contribution < -0.4 is 5.32 Å². The molecule has 19 heavy (non-hydrogen) atoms. The van der Waals surface area contributed by atoms with E-state index in [-0.39, 0.29) is 5.91 Å². The second-order valence-corrected chi connectivity index (χ2v) is 5.90. The number of carbonyl (C=O) groups is 2. The van der Waals surface area contributed by atoms with E-state index in [1.165, 1.54) is 0 Å². The van der Waals surface area contributed by atoms with Crippen LogP contribution in [0.15, 0.2) is 27.1 Å². The van der Waals surface area contributed by atoms with Gasteiger partial charge in [-0.25, -0.2) is 4.79 Å². The Bertz CT molecular complexity index is 477. The summed E-state index contributed by atoms with van der Waals surface area (Å²) in [5.74, 6) is -1.39. The van der Waals surface area contributed by atoms with Gasteiger partial charge < -0.3 is 10.4 Å². The Balaban J connectivity index is 2.78. The van der Waals surface area contributed by atoms with Crippen LogP contribution in [0.4, 0.5) is 0 Å². The molecule has 0 aliphatic heterocycles. The Morgan fingerprint density at radius 3 is 2.58 bits per heavy atom. The van der Waals surface area contributed by atoms with E-state index in [0.29, 0.717) is 16.5 Å². The summed E-state index contributed by atoms with van der Waals surface area (Å²) in [6.07, 6.45) is 2.09. The van der Waals surface area contributed by atoms with Gasteiger partial charge in [0.25, 0.3) is 5.91 Å². The lowest BCUT2D eigenvalue weighted by Gasteiger charge is -2.14. The average molecular weight is 393 g/mol. The van der Waals surface area contributed by atoms with Crippen LogP contribution in [0.3, 0.4) is 0 Å². The summed E-state index contributed by atoms with van der Waals surface area (Å²) in [6, 6.07) is 4.28. The predicted octanol–water partition coefficient (Wildman–Crippen LogP) is 3.58. The maximum Gasteiger partial charge on any atom is 0.326 e. The van der Waals surface area contributed by atoms with Gasteiger partial charge in [-0.1, -0.05) is 35.7 Å². The molecule has 0 unspecified atom stereocenters. The van der Waals surface area contributed by atoms with Crippen molar-refractivity contribution in [1.29, 1.82) is 0 Å². The number of halogens is 2. The lowest BCUT2D eigenvalue weighted by atomic mass is 10.1. The smallest absolute Gasteiger partial charge is 0.326 e. The molecule has 0 fully saturated rings. The van der Waals surface area contributed by atoms with Crippen LogP contribution in [0.2, 0.25) is 0 Å². The number of carboxylic acids is 1. The average Bonchev–Trinajstić information content (AvgIpc) is 2.33. The zero-order valence-corrected chi connectivity index (χ0v) is 13.6. The standard InChI is InChI=1S/C13H15Br2NO3/c1-2-3-4-11(13(18)19)16-12(17)9-6-5-8(14)7-10(9)15/h5-7,11H,2-4H2,1H3,(H,16,17)(H,18,19)/t11-/m0/s1. The highest BCUT2D eigenvalue weighted by Crippen LogP contribution is 2.22. The van der Waals surface area contributed by atoms with Gasteiger partial charge in [-0.2, -0.15) is 0 Å². The molecule has 0 saturated heterocycles. The zero-order valence-electron chi connectivity index (χ0n) is 10.5. The molecular weight excluding hydrogens is 378 g/mol. The minimum absolute atomic E-state index is 0.386. The highest BCUT2D eigenvalue weighted by atomic mass is 79.9. The van der Waals surface area contributed by atoms with E-state index < -0.39 is 12.0 Å². The van der Waals surface area contributed by atoms with Crippen molar-refractivity contribution in [2.75, 3.05) is 0 Å². The third kappa shape index (κ3) is 4.95. The summed E-state index contributed by atoms with van der Waals surface area (Å²) in [7, 11) is 0. The summed E-state index contributed by atoms with van der Waals surface area (Å²) in [5, 5.41) is 11.6. The minimum Gasteiger partial charge on any atom is -0.480 e. The molecule has 0 spiro atoms. The Morgan fingerprint density at radius 2 is 2.05 bits per heavy atom. The Morgan fingerprint density at radius 1 is 1.37 bits per heavy atom. The van der Waals surface area contributed by atoms with Gasteiger partial charge in [0.1, 0.15) is 6.04 Å². The number of carboxylic acid groups (broad SMARTS) is 1. The van der Waals surface area contributed by atoms with Gasteiger partial charge in [-0.15, -0.1) is 0 Å². The van der Waals surface area contributed by atoms with Crippen LogP contribution in [-0.4, -0.2) is 23.0 Å². The van der Waals surface area contributed by atoms with Gasteiger partial charge in [-0.3, -0.25) is 4.79 Å². The quantitative estimate of drug-likeness (QED) is 0.777. The fourth-order valence-corrected chi connectivity index (χ4v) is 2.80. The molecule has 0 bridgehead atoms. The van der Waals surface area contributed by atoms with Crippen LogP contribution in [0.5, 0.6) is 0 Å². The molecule has 0 heterocycles. The van der Waals surface area contributed by atoms with Crippen LogP contribution in [-0.2, 0) is 4.79 Å². The maximum atomic E-state index is 12.0. The number of hydrogen-bond donors (Lipinski definition) is 2. The van der Waals surface area contributed by atoms with Crippen LogP contribution in [0.1, 0.15) is 36.5 Å². The molecule has 0 radical (unpaired) electrons. The van der Waals surface area contributed by atoms with E-state index in [2.05, 4.69) is 37.2 Å². The number of benzene rings is 1. The molecule has 0 aliphatic carbocycles. The first-order valence-electron chi connectivity index (χ1n) is 5.94. The largest absolute Gasteiger partial charge is 0.480 e. The van der Waals surface area contributed by atoms with Crippen molar-refractivity contribution in [3.8, 4) is 0 Å². The number of carbonyl (C=O) groups excluding carboxylic acids is 1. The second-order valence-electron chi connectivity index (χ2n) is 4.13. The maximum absolute atomic E-state index is 12.0. The normalized spacial score (nSPS) is 11.9. The fourth-order valence-electron chi connectivity index (χ4n) is 1.58. The molecule has 0 aliphatic rings. The molecule has 1 rings (SSSR count). The monoisotopic (exact) mass is 391 g/mol. The summed E-state index contributed by atoms with van der Waals surface area (Å²) < 4.78 is 1.47. The van der Waals surface area contributed by atoms with Gasteiger partial charge in [0, 0.05) is 8.95 Å². The van der Waals surface area contributed by atoms with E-state index >= 15 is 0 Å². The first-order chi connectivity index (χ1) is 8.95. The predicted molar refractivity (Wildman–Crippen MR) is 80.3 cm³/mol. The molecule has 104 valence electrons. The van der Waals surface area contributed by atoms with E-state index in [0.717, 1.165) is 17.3 Å². The van der Waals surface area contributed by atoms with Crippen molar-refractivity contribution in [1.82, 2.24) is 5.32 Å². The molecule has 1 amide bonds. The van der Waals surface area contributed by atoms with Gasteiger partial charge in [0.05, 0.1) is 5.56 Å². The van der Waals surface area contributed by atoms with Crippen molar-refractivity contribution < 1.29 is 14.7 Å². The Labute approximate surface area is 128 Å². The molecule has 1 aromatic rings. The lowest BCUT2D eigenvalue weighted by molar-refractivity contribution is -0.139. The Kier molecular flexibility index (Phi) is 6.51. The number of hydrogen-bond acceptors (Lipinski definition) is 2. The van der Waals surface area contributed by atoms with E-state index in [1.54, 1.807) is 18.2 Å². The summed E-state index contributed by atoms with van der Waals surface area (Å²) in [6.45, 7) is 1.98. The van der Waals surface area contributed by atoms with Gasteiger partial charge in [-0.05, 0) is 40.5 Å². The van der Waals surface area contributed by atoms with Crippen LogP contribution in [0, 0.1) is 0 Å². The van der Waals surface area contributed by atoms with E-state index in [1.807, 2.05) is 6.92 Å². The number of amides is 1. The molecular formula is C13H15Br2NO3. The third-order valence-electron chi connectivity index (χ3n) is 2.63. The topological polar surface area (TPSA) is 66.4 Å². The highest BCUT2D eigenvalue weighted by Gasteiger charge is 2.21. The molecule has 1 atom stereocenters. The summed E-state index contributed by atoms with van der Waals surface area (Å²) in [4.78, 5) is 23.1. The molecule has 1 aromatic carbocycles. The van der Waals surface area contributed by atoms with E-state index in [9.17, 15) is 9.59 Å². The summed E-state index contributed by atoms with van der Waals surface area (Å²) >= 11 is 6.59. The zero-order chi connectivity index (χ0) is 14.4. The van der Waals surface area contributed by atoms with Crippen molar-refractivity contribution in [2.45, 2.75) is 32.2 Å². The van der Waals surface area contributed by atoms with Crippen LogP contribution in [0.25, 0.3) is 0 Å². The molecule has 6 heteroatoms. The molecule has 0 aromatic heterocycles. The second kappa shape index (κ2) is 7.65. The number of rotatable bonds is 6. The first kappa shape index (κ1) is 16.2. The minimum atomic E-state index is -1.00. The van der Waals surface area contributed by atoms with Crippen molar-refractivity contribution in [3.05, 3.63) is 32.7 Å². The van der Waals surface area contributed by atoms with Crippen molar-refractivity contribution in [3.63, 3.8) is 0 Å². The van der Waals surface area contributed by atoms with Crippen molar-refractivity contribution >= 4 is 43.7 Å². The van der Waals surface area contributed by atoms with Gasteiger partial charge in [0.2, 0.25) is 0 Å². The highest BCUT2D eigenvalue weighted by molar-refractivity contribution is 9.11. The fraction of sp³-hybridized carbons (Fsp3) is 0.385. The molecule has 0 saturated carbocycles. The molecule has 4 nitrogen and oxygen atoms in total. The SMILES string of the molecule is CCCC[C@H](NC(=O)c1ccc(Br)cc1Br)C(=O)O. The first-order valence-corrected chi connectivity index (χ1v) is 7.53. The third-order valence-corrected chi connectivity index (χ3v) is 3.77. The lowest BCUT2D eigenvalue weighted by Crippen LogP contribution is -2.40. The number of unbranched alkanes of at least 4 members (excludes halogenated alkanes) is 1. The van der Waals surface area contributed by atoms with E-state index in [4.69, 9.17) is 5.11 Å². The number of aliphatic carboxylic acids is 1. The van der Waals surface area contributed by atoms with Gasteiger partial charge in [0.15, 0.2) is 0 Å². The number of nitrogens with one attached hydrogen (secondary N) is 1. The Hall–Kier alpha value is -0.880. The summed E-state index contributed by atoms with van der Waals surface area (Å²) in [5.41, 5.74) is 0.422. The molecule has 2 N–H and O–H groups in total. The van der Waals surface area contributed by atoms with Crippen LogP contribution >= 0.6 is 31.9 Å².